The third kappa shape index (κ3) is 4.66. The van der Waals surface area contributed by atoms with Crippen molar-refractivity contribution in [1.29, 1.82) is 0 Å². The first-order chi connectivity index (χ1) is 9.89. The van der Waals surface area contributed by atoms with Crippen LogP contribution in [0.15, 0.2) is 18.2 Å². The van der Waals surface area contributed by atoms with Crippen molar-refractivity contribution in [3.05, 3.63) is 35.4 Å². The molecule has 1 aromatic rings. The highest BCUT2D eigenvalue weighted by molar-refractivity contribution is 8.00. The molecule has 2 rings (SSSR count). The van der Waals surface area contributed by atoms with Gasteiger partial charge in [-0.3, -0.25) is 0 Å². The van der Waals surface area contributed by atoms with Crippen LogP contribution >= 0.6 is 11.8 Å². The Labute approximate surface area is 129 Å². The van der Waals surface area contributed by atoms with Crippen LogP contribution in [0.1, 0.15) is 38.4 Å². The summed E-state index contributed by atoms with van der Waals surface area (Å²) >= 11 is 1.97. The number of aliphatic hydroxyl groups is 1. The Morgan fingerprint density at radius 3 is 2.86 bits per heavy atom. The summed E-state index contributed by atoms with van der Waals surface area (Å²) in [5.41, 5.74) is 0.0551. The van der Waals surface area contributed by atoms with Crippen molar-refractivity contribution in [2.75, 3.05) is 25.4 Å². The van der Waals surface area contributed by atoms with Crippen LogP contribution in [-0.2, 0) is 0 Å². The summed E-state index contributed by atoms with van der Waals surface area (Å²) in [4.78, 5) is 2.29. The molecule has 1 atom stereocenters. The molecule has 1 aromatic carbocycles. The molecular formula is C16H23F2NOS. The zero-order valence-electron chi connectivity index (χ0n) is 12.6. The molecule has 1 aliphatic rings. The maximum absolute atomic E-state index is 13.6. The van der Waals surface area contributed by atoms with E-state index < -0.39 is 17.7 Å². The first-order valence-corrected chi connectivity index (χ1v) is 8.36. The molecule has 1 heterocycles. The molecule has 2 nitrogen and oxygen atoms in total. The summed E-state index contributed by atoms with van der Waals surface area (Å²) in [6.45, 7) is 7.16. The lowest BCUT2D eigenvalue weighted by Gasteiger charge is -2.23. The normalized spacial score (nSPS) is 21.0. The van der Waals surface area contributed by atoms with Gasteiger partial charge < -0.3 is 10.0 Å². The Balaban J connectivity index is 1.89. The van der Waals surface area contributed by atoms with Gasteiger partial charge in [-0.25, -0.2) is 8.78 Å². The van der Waals surface area contributed by atoms with Gasteiger partial charge in [0.1, 0.15) is 0 Å². The Kier molecular flexibility index (Phi) is 5.63. The van der Waals surface area contributed by atoms with Crippen LogP contribution in [0, 0.1) is 11.6 Å². The minimum absolute atomic E-state index is 0.0551. The summed E-state index contributed by atoms with van der Waals surface area (Å²) in [6.07, 6.45) is 0.567. The van der Waals surface area contributed by atoms with E-state index in [2.05, 4.69) is 18.7 Å². The highest BCUT2D eigenvalue weighted by Gasteiger charge is 2.24. The first-order valence-electron chi connectivity index (χ1n) is 7.37. The van der Waals surface area contributed by atoms with E-state index in [-0.39, 0.29) is 5.56 Å². The maximum Gasteiger partial charge on any atom is 0.164 e. The molecule has 0 radical (unpaired) electrons. The molecular weight excluding hydrogens is 292 g/mol. The summed E-state index contributed by atoms with van der Waals surface area (Å²) in [5.74, 6) is -0.769. The van der Waals surface area contributed by atoms with Crippen LogP contribution in [0.3, 0.4) is 0 Å². The van der Waals surface area contributed by atoms with Gasteiger partial charge in [-0.15, -0.1) is 0 Å². The number of benzene rings is 1. The molecule has 0 spiro atoms. The van der Waals surface area contributed by atoms with Gasteiger partial charge in [-0.2, -0.15) is 11.8 Å². The van der Waals surface area contributed by atoms with Gasteiger partial charge in [0.25, 0.3) is 0 Å². The minimum atomic E-state index is -0.954. The lowest BCUT2D eigenvalue weighted by atomic mass is 10.0. The topological polar surface area (TPSA) is 23.5 Å². The van der Waals surface area contributed by atoms with Crippen molar-refractivity contribution in [2.45, 2.75) is 37.5 Å². The molecule has 0 bridgehead atoms. The van der Waals surface area contributed by atoms with Crippen LogP contribution in [0.2, 0.25) is 0 Å². The van der Waals surface area contributed by atoms with Crippen LogP contribution < -0.4 is 0 Å². The third-order valence-electron chi connectivity index (χ3n) is 3.99. The van der Waals surface area contributed by atoms with Crippen LogP contribution in [0.5, 0.6) is 0 Å². The van der Waals surface area contributed by atoms with Crippen LogP contribution in [0.25, 0.3) is 0 Å². The second-order valence-corrected chi connectivity index (χ2v) is 7.95. The van der Waals surface area contributed by atoms with E-state index in [1.807, 2.05) is 11.8 Å². The SMILES string of the molecule is CC1(C)CCN(CCC(O)c2cccc(F)c2F)CCS1. The maximum atomic E-state index is 13.6. The molecule has 0 saturated carbocycles. The van der Waals surface area contributed by atoms with Gasteiger partial charge in [0.15, 0.2) is 11.6 Å². The highest BCUT2D eigenvalue weighted by Crippen LogP contribution is 2.31. The monoisotopic (exact) mass is 315 g/mol. The fourth-order valence-corrected chi connectivity index (χ4v) is 3.66. The molecule has 0 amide bonds. The molecule has 0 aliphatic carbocycles. The molecule has 1 N–H and O–H groups in total. The van der Waals surface area contributed by atoms with Gasteiger partial charge >= 0.3 is 0 Å². The number of aliphatic hydroxyl groups excluding tert-OH is 1. The third-order valence-corrected chi connectivity index (χ3v) is 5.36. The van der Waals surface area contributed by atoms with Crippen LogP contribution in [-0.4, -0.2) is 40.1 Å². The summed E-state index contributed by atoms with van der Waals surface area (Å²) < 4.78 is 27.1. The highest BCUT2D eigenvalue weighted by atomic mass is 32.2. The predicted octanol–water partition coefficient (Wildman–Crippen LogP) is 3.61. The Morgan fingerprint density at radius 1 is 1.33 bits per heavy atom. The average Bonchev–Trinajstić information content (AvgIpc) is 2.60. The smallest absolute Gasteiger partial charge is 0.164 e. The van der Waals surface area contributed by atoms with Gasteiger partial charge in [-0.1, -0.05) is 26.0 Å². The van der Waals surface area contributed by atoms with E-state index in [0.717, 1.165) is 31.3 Å². The summed E-state index contributed by atoms with van der Waals surface area (Å²) in [7, 11) is 0. The van der Waals surface area contributed by atoms with E-state index in [0.29, 0.717) is 17.7 Å². The van der Waals surface area contributed by atoms with E-state index in [1.54, 1.807) is 0 Å². The lowest BCUT2D eigenvalue weighted by molar-refractivity contribution is 0.139. The number of nitrogens with zero attached hydrogens (tertiary/aromatic N) is 1. The Morgan fingerprint density at radius 2 is 2.10 bits per heavy atom. The van der Waals surface area contributed by atoms with E-state index in [9.17, 15) is 13.9 Å². The second-order valence-electron chi connectivity index (χ2n) is 6.15. The average molecular weight is 315 g/mol. The van der Waals surface area contributed by atoms with Crippen molar-refractivity contribution in [2.24, 2.45) is 0 Å². The molecule has 1 saturated heterocycles. The number of thioether (sulfide) groups is 1. The van der Waals surface area contributed by atoms with Gasteiger partial charge in [0, 0.05) is 29.2 Å². The number of rotatable bonds is 4. The molecule has 1 unspecified atom stereocenters. The van der Waals surface area contributed by atoms with Crippen molar-refractivity contribution < 1.29 is 13.9 Å². The van der Waals surface area contributed by atoms with E-state index in [4.69, 9.17) is 0 Å². The second kappa shape index (κ2) is 7.07. The van der Waals surface area contributed by atoms with E-state index >= 15 is 0 Å². The molecule has 21 heavy (non-hydrogen) atoms. The van der Waals surface area contributed by atoms with Gasteiger partial charge in [-0.05, 0) is 25.5 Å². The molecule has 1 fully saturated rings. The van der Waals surface area contributed by atoms with Crippen molar-refractivity contribution in [1.82, 2.24) is 4.90 Å². The number of hydrogen-bond donors (Lipinski definition) is 1. The van der Waals surface area contributed by atoms with Crippen molar-refractivity contribution in [3.63, 3.8) is 0 Å². The largest absolute Gasteiger partial charge is 0.388 e. The minimum Gasteiger partial charge on any atom is -0.388 e. The molecule has 1 aliphatic heterocycles. The standard InChI is InChI=1S/C16H23F2NOS/c1-16(2)7-9-19(10-11-21-16)8-6-14(20)12-4-3-5-13(17)15(12)18/h3-5,14,20H,6-11H2,1-2H3. The fourth-order valence-electron chi connectivity index (χ4n) is 2.52. The first kappa shape index (κ1) is 16.7. The Bertz CT molecular complexity index is 481. The fraction of sp³-hybridized carbons (Fsp3) is 0.625. The van der Waals surface area contributed by atoms with Gasteiger partial charge in [0.05, 0.1) is 6.10 Å². The zero-order chi connectivity index (χ0) is 15.5. The lowest BCUT2D eigenvalue weighted by Crippen LogP contribution is -2.29. The van der Waals surface area contributed by atoms with Gasteiger partial charge in [0.2, 0.25) is 0 Å². The molecule has 5 heteroatoms. The van der Waals surface area contributed by atoms with Crippen LogP contribution in [0.4, 0.5) is 8.78 Å². The number of halogens is 2. The van der Waals surface area contributed by atoms with Crippen molar-refractivity contribution in [3.8, 4) is 0 Å². The number of hydrogen-bond acceptors (Lipinski definition) is 3. The van der Waals surface area contributed by atoms with E-state index in [1.165, 1.54) is 12.1 Å². The zero-order valence-corrected chi connectivity index (χ0v) is 13.4. The quantitative estimate of drug-likeness (QED) is 0.918. The summed E-state index contributed by atoms with van der Waals surface area (Å²) in [6, 6.07) is 3.95. The van der Waals surface area contributed by atoms with Crippen molar-refractivity contribution >= 4 is 11.8 Å². The predicted molar refractivity (Wildman–Crippen MR) is 83.5 cm³/mol. The molecule has 0 aromatic heterocycles. The molecule has 118 valence electrons. The Hall–Kier alpha value is -0.650. The summed E-state index contributed by atoms with van der Waals surface area (Å²) in [5, 5.41) is 10.1.